The Balaban J connectivity index is 1.82. The molecule has 20 heavy (non-hydrogen) atoms. The van der Waals surface area contributed by atoms with Crippen molar-refractivity contribution in [2.24, 2.45) is 0 Å². The van der Waals surface area contributed by atoms with Crippen molar-refractivity contribution < 1.29 is 4.43 Å². The summed E-state index contributed by atoms with van der Waals surface area (Å²) in [6.07, 6.45) is 5.21. The third-order valence-electron chi connectivity index (χ3n) is 5.22. The predicted octanol–water partition coefficient (Wildman–Crippen LogP) is 5.52. The highest BCUT2D eigenvalue weighted by Crippen LogP contribution is 2.37. The van der Waals surface area contributed by atoms with Crippen molar-refractivity contribution in [2.75, 3.05) is 6.61 Å². The van der Waals surface area contributed by atoms with Crippen LogP contribution in [0.1, 0.15) is 57.1 Å². The van der Waals surface area contributed by atoms with Crippen LogP contribution in [-0.4, -0.2) is 14.9 Å². The van der Waals surface area contributed by atoms with E-state index in [0.717, 1.165) is 18.9 Å². The minimum atomic E-state index is -1.58. The van der Waals surface area contributed by atoms with Gasteiger partial charge in [-0.2, -0.15) is 0 Å². The van der Waals surface area contributed by atoms with Crippen LogP contribution in [0.2, 0.25) is 18.1 Å². The first-order valence-electron chi connectivity index (χ1n) is 8.02. The minimum absolute atomic E-state index is 0.307. The van der Waals surface area contributed by atoms with Gasteiger partial charge in [-0.1, -0.05) is 51.5 Å². The van der Waals surface area contributed by atoms with Crippen LogP contribution in [0.5, 0.6) is 0 Å². The highest BCUT2D eigenvalue weighted by atomic mass is 28.4. The van der Waals surface area contributed by atoms with Gasteiger partial charge in [-0.15, -0.1) is 0 Å². The highest BCUT2D eigenvalue weighted by molar-refractivity contribution is 6.74. The fraction of sp³-hybridized carbons (Fsp3) is 0.667. The monoisotopic (exact) mass is 290 g/mol. The Bertz CT molecular complexity index is 424. The van der Waals surface area contributed by atoms with Gasteiger partial charge in [0.05, 0.1) is 0 Å². The molecule has 1 fully saturated rings. The van der Waals surface area contributed by atoms with E-state index in [4.69, 9.17) is 4.43 Å². The van der Waals surface area contributed by atoms with Crippen molar-refractivity contribution in [2.45, 2.75) is 70.5 Å². The summed E-state index contributed by atoms with van der Waals surface area (Å²) in [7, 11) is -1.58. The molecule has 1 aliphatic carbocycles. The lowest BCUT2D eigenvalue weighted by Crippen LogP contribution is -2.41. The molecule has 0 radical (unpaired) electrons. The van der Waals surface area contributed by atoms with Gasteiger partial charge in [-0.05, 0) is 54.4 Å². The Labute approximate surface area is 125 Å². The minimum Gasteiger partial charge on any atom is -0.416 e. The number of rotatable bonds is 5. The highest BCUT2D eigenvalue weighted by Gasteiger charge is 2.36. The largest absolute Gasteiger partial charge is 0.416 e. The lowest BCUT2D eigenvalue weighted by Gasteiger charge is -2.36. The number of benzene rings is 1. The average molecular weight is 291 g/mol. The zero-order chi connectivity index (χ0) is 14.8. The van der Waals surface area contributed by atoms with Crippen LogP contribution < -0.4 is 0 Å². The number of hydrogen-bond donors (Lipinski definition) is 0. The molecule has 0 atom stereocenters. The summed E-state index contributed by atoms with van der Waals surface area (Å²) in [5.41, 5.74) is 2.94. The smallest absolute Gasteiger partial charge is 0.191 e. The topological polar surface area (TPSA) is 9.23 Å². The fourth-order valence-corrected chi connectivity index (χ4v) is 3.38. The molecule has 1 saturated carbocycles. The van der Waals surface area contributed by atoms with Crippen LogP contribution >= 0.6 is 0 Å². The maximum absolute atomic E-state index is 6.25. The van der Waals surface area contributed by atoms with Crippen LogP contribution in [0.4, 0.5) is 0 Å². The van der Waals surface area contributed by atoms with Crippen molar-refractivity contribution in [3.05, 3.63) is 35.4 Å². The SMILES string of the molecule is CC(C)(C)[Si](C)(C)OCCc1ccc(C2CCC2)cc1. The molecule has 0 aliphatic heterocycles. The van der Waals surface area contributed by atoms with E-state index in [9.17, 15) is 0 Å². The van der Waals surface area contributed by atoms with Gasteiger partial charge in [0.25, 0.3) is 0 Å². The lowest BCUT2D eigenvalue weighted by molar-refractivity contribution is 0.292. The maximum atomic E-state index is 6.25. The zero-order valence-corrected chi connectivity index (χ0v) is 14.8. The summed E-state index contributed by atoms with van der Waals surface area (Å²) in [5, 5.41) is 0.307. The molecule has 1 aromatic rings. The first-order valence-corrected chi connectivity index (χ1v) is 10.9. The molecule has 0 N–H and O–H groups in total. The molecule has 0 aromatic heterocycles. The Morgan fingerprint density at radius 1 is 1.10 bits per heavy atom. The molecule has 112 valence electrons. The number of hydrogen-bond acceptors (Lipinski definition) is 1. The summed E-state index contributed by atoms with van der Waals surface area (Å²) < 4.78 is 6.25. The standard InChI is InChI=1S/C18H30OSi/c1-18(2,3)20(4,5)19-14-13-15-9-11-17(12-10-15)16-7-6-8-16/h9-12,16H,6-8,13-14H2,1-5H3. The molecule has 2 rings (SSSR count). The van der Waals surface area contributed by atoms with Gasteiger partial charge in [-0.3, -0.25) is 0 Å². The first-order chi connectivity index (χ1) is 9.29. The molecular weight excluding hydrogens is 260 g/mol. The molecule has 0 heterocycles. The van der Waals surface area contributed by atoms with Crippen LogP contribution in [-0.2, 0) is 10.8 Å². The van der Waals surface area contributed by atoms with E-state index in [-0.39, 0.29) is 0 Å². The van der Waals surface area contributed by atoms with Crippen LogP contribution in [0.3, 0.4) is 0 Å². The second-order valence-corrected chi connectivity index (χ2v) is 12.5. The van der Waals surface area contributed by atoms with Gasteiger partial charge >= 0.3 is 0 Å². The Hall–Kier alpha value is -0.603. The van der Waals surface area contributed by atoms with Crippen molar-refractivity contribution in [1.82, 2.24) is 0 Å². The molecule has 1 aromatic carbocycles. The van der Waals surface area contributed by atoms with Gasteiger partial charge in [0, 0.05) is 6.61 Å². The maximum Gasteiger partial charge on any atom is 0.191 e. The normalized spacial score (nSPS) is 17.1. The van der Waals surface area contributed by atoms with Gasteiger partial charge in [0.1, 0.15) is 0 Å². The summed E-state index contributed by atoms with van der Waals surface area (Å²) in [5.74, 6) is 0.840. The summed E-state index contributed by atoms with van der Waals surface area (Å²) >= 11 is 0. The molecule has 0 bridgehead atoms. The fourth-order valence-electron chi connectivity index (χ4n) is 2.34. The third-order valence-corrected chi connectivity index (χ3v) is 9.75. The molecular formula is C18H30OSi. The van der Waals surface area contributed by atoms with Crippen LogP contribution in [0.15, 0.2) is 24.3 Å². The van der Waals surface area contributed by atoms with Crippen molar-refractivity contribution in [1.29, 1.82) is 0 Å². The summed E-state index contributed by atoms with van der Waals surface area (Å²) in [6, 6.07) is 9.24. The van der Waals surface area contributed by atoms with E-state index in [2.05, 4.69) is 58.1 Å². The van der Waals surface area contributed by atoms with Gasteiger partial charge in [0.15, 0.2) is 8.32 Å². The summed E-state index contributed by atoms with van der Waals surface area (Å²) in [6.45, 7) is 12.4. The molecule has 1 aliphatic rings. The van der Waals surface area contributed by atoms with E-state index in [1.165, 1.54) is 30.4 Å². The second-order valence-electron chi connectivity index (χ2n) is 7.73. The van der Waals surface area contributed by atoms with E-state index in [1.54, 1.807) is 0 Å². The molecule has 2 heteroatoms. The molecule has 0 amide bonds. The molecule has 0 spiro atoms. The van der Waals surface area contributed by atoms with E-state index in [1.807, 2.05) is 0 Å². The second kappa shape index (κ2) is 6.03. The first kappa shape index (κ1) is 15.8. The third kappa shape index (κ3) is 3.73. The van der Waals surface area contributed by atoms with Crippen molar-refractivity contribution in [3.8, 4) is 0 Å². The Morgan fingerprint density at radius 3 is 2.15 bits per heavy atom. The predicted molar refractivity (Wildman–Crippen MR) is 89.9 cm³/mol. The van der Waals surface area contributed by atoms with Crippen LogP contribution in [0.25, 0.3) is 0 Å². The van der Waals surface area contributed by atoms with Crippen molar-refractivity contribution in [3.63, 3.8) is 0 Å². The Morgan fingerprint density at radius 2 is 1.70 bits per heavy atom. The van der Waals surface area contributed by atoms with E-state index < -0.39 is 8.32 Å². The van der Waals surface area contributed by atoms with Gasteiger partial charge in [0.2, 0.25) is 0 Å². The zero-order valence-electron chi connectivity index (χ0n) is 13.8. The quantitative estimate of drug-likeness (QED) is 0.649. The van der Waals surface area contributed by atoms with Crippen molar-refractivity contribution >= 4 is 8.32 Å². The van der Waals surface area contributed by atoms with Gasteiger partial charge in [-0.25, -0.2) is 0 Å². The Kier molecular flexibility index (Phi) is 4.75. The average Bonchev–Trinajstić information content (AvgIpc) is 2.27. The van der Waals surface area contributed by atoms with E-state index >= 15 is 0 Å². The van der Waals surface area contributed by atoms with Crippen LogP contribution in [0, 0.1) is 0 Å². The molecule has 0 saturated heterocycles. The van der Waals surface area contributed by atoms with E-state index in [0.29, 0.717) is 5.04 Å². The summed E-state index contributed by atoms with van der Waals surface area (Å²) in [4.78, 5) is 0. The van der Waals surface area contributed by atoms with Gasteiger partial charge < -0.3 is 4.43 Å². The molecule has 0 unspecified atom stereocenters. The molecule has 1 nitrogen and oxygen atoms in total. The lowest BCUT2D eigenvalue weighted by atomic mass is 9.80.